The van der Waals surface area contributed by atoms with Gasteiger partial charge in [0.2, 0.25) is 0 Å². The van der Waals surface area contributed by atoms with Crippen LogP contribution in [0.15, 0.2) is 29.6 Å². The lowest BCUT2D eigenvalue weighted by Gasteiger charge is -2.03. The smallest absolute Gasteiger partial charge is 0.306 e. The third-order valence-corrected chi connectivity index (χ3v) is 3.77. The Kier molecular flexibility index (Phi) is 5.75. The maximum atomic E-state index is 11.3. The highest BCUT2D eigenvalue weighted by molar-refractivity contribution is 7.13. The Morgan fingerprint density at radius 1 is 1.29 bits per heavy atom. The average Bonchev–Trinajstić information content (AvgIpc) is 2.95. The maximum absolute atomic E-state index is 11.3. The Balaban J connectivity index is 2.02. The van der Waals surface area contributed by atoms with Gasteiger partial charge in [0.25, 0.3) is 0 Å². The van der Waals surface area contributed by atoms with E-state index in [-0.39, 0.29) is 5.97 Å². The van der Waals surface area contributed by atoms with E-state index in [1.54, 1.807) is 11.3 Å². The van der Waals surface area contributed by atoms with Gasteiger partial charge in [-0.25, -0.2) is 4.98 Å². The van der Waals surface area contributed by atoms with E-state index in [0.29, 0.717) is 26.1 Å². The first kappa shape index (κ1) is 15.5. The zero-order chi connectivity index (χ0) is 15.1. The lowest BCUT2D eigenvalue weighted by molar-refractivity contribution is -0.143. The summed E-state index contributed by atoms with van der Waals surface area (Å²) in [7, 11) is 0. The predicted octanol–water partition coefficient (Wildman–Crippen LogP) is 3.70. The number of ether oxygens (including phenoxy) is 2. The molecule has 2 aromatic rings. The molecule has 0 N–H and O–H groups in total. The number of thiazole rings is 1. The van der Waals surface area contributed by atoms with Gasteiger partial charge in [0, 0.05) is 17.4 Å². The van der Waals surface area contributed by atoms with E-state index in [9.17, 15) is 4.79 Å². The van der Waals surface area contributed by atoms with E-state index >= 15 is 0 Å². The molecule has 1 aromatic heterocycles. The van der Waals surface area contributed by atoms with Crippen molar-refractivity contribution in [3.8, 4) is 16.3 Å². The average molecular weight is 305 g/mol. The first-order valence-electron chi connectivity index (χ1n) is 7.06. The van der Waals surface area contributed by atoms with Gasteiger partial charge in [-0.05, 0) is 26.0 Å². The standard InChI is InChI=1S/C16H19NO3S/c1-3-19-14-7-5-6-12(10-14)16-17-13(11-21-16)8-9-15(18)20-4-2/h5-7,10-11H,3-4,8-9H2,1-2H3. The van der Waals surface area contributed by atoms with E-state index in [4.69, 9.17) is 9.47 Å². The summed E-state index contributed by atoms with van der Waals surface area (Å²) in [6.45, 7) is 4.84. The van der Waals surface area contributed by atoms with Crippen molar-refractivity contribution in [2.75, 3.05) is 13.2 Å². The van der Waals surface area contributed by atoms with Gasteiger partial charge in [-0.2, -0.15) is 0 Å². The molecular weight excluding hydrogens is 286 g/mol. The van der Waals surface area contributed by atoms with Crippen LogP contribution in [0.1, 0.15) is 26.0 Å². The fraction of sp³-hybridized carbons (Fsp3) is 0.375. The van der Waals surface area contributed by atoms with Gasteiger partial charge >= 0.3 is 5.97 Å². The molecule has 1 heterocycles. The fourth-order valence-electron chi connectivity index (χ4n) is 1.90. The molecule has 0 aliphatic heterocycles. The molecular formula is C16H19NO3S. The Hall–Kier alpha value is -1.88. The maximum Gasteiger partial charge on any atom is 0.306 e. The molecule has 0 atom stereocenters. The molecule has 112 valence electrons. The fourth-order valence-corrected chi connectivity index (χ4v) is 2.75. The highest BCUT2D eigenvalue weighted by Crippen LogP contribution is 2.27. The number of rotatable bonds is 7. The first-order valence-corrected chi connectivity index (χ1v) is 7.94. The van der Waals surface area contributed by atoms with E-state index < -0.39 is 0 Å². The van der Waals surface area contributed by atoms with Gasteiger partial charge in [0.1, 0.15) is 10.8 Å². The summed E-state index contributed by atoms with van der Waals surface area (Å²) in [6.07, 6.45) is 0.983. The molecule has 21 heavy (non-hydrogen) atoms. The SMILES string of the molecule is CCOC(=O)CCc1csc(-c2cccc(OCC)c2)n1. The largest absolute Gasteiger partial charge is 0.494 e. The minimum absolute atomic E-state index is 0.176. The van der Waals surface area contributed by atoms with Crippen LogP contribution in [0, 0.1) is 0 Å². The molecule has 0 radical (unpaired) electrons. The van der Waals surface area contributed by atoms with Crippen LogP contribution < -0.4 is 4.74 Å². The molecule has 0 aliphatic carbocycles. The van der Waals surface area contributed by atoms with Gasteiger partial charge in [0.15, 0.2) is 0 Å². The van der Waals surface area contributed by atoms with E-state index in [1.807, 2.05) is 43.5 Å². The molecule has 5 heteroatoms. The Bertz CT molecular complexity index is 595. The molecule has 0 fully saturated rings. The summed E-state index contributed by atoms with van der Waals surface area (Å²) in [5.41, 5.74) is 1.96. The predicted molar refractivity (Wildman–Crippen MR) is 83.7 cm³/mol. The van der Waals surface area contributed by atoms with Crippen LogP contribution in [0.5, 0.6) is 5.75 Å². The van der Waals surface area contributed by atoms with Crippen LogP contribution in [0.3, 0.4) is 0 Å². The van der Waals surface area contributed by atoms with E-state index in [2.05, 4.69) is 4.98 Å². The van der Waals surface area contributed by atoms with Gasteiger partial charge in [0.05, 0.1) is 25.3 Å². The van der Waals surface area contributed by atoms with Crippen molar-refractivity contribution in [2.24, 2.45) is 0 Å². The number of hydrogen-bond donors (Lipinski definition) is 0. The number of aryl methyl sites for hydroxylation is 1. The minimum Gasteiger partial charge on any atom is -0.494 e. The normalized spacial score (nSPS) is 10.4. The van der Waals surface area contributed by atoms with Crippen molar-refractivity contribution < 1.29 is 14.3 Å². The number of carbonyl (C=O) groups excluding carboxylic acids is 1. The molecule has 0 spiro atoms. The van der Waals surface area contributed by atoms with Crippen LogP contribution >= 0.6 is 11.3 Å². The Labute approximate surface area is 128 Å². The molecule has 0 unspecified atom stereocenters. The molecule has 0 saturated carbocycles. The third kappa shape index (κ3) is 4.56. The third-order valence-electron chi connectivity index (χ3n) is 2.83. The molecule has 0 aliphatic rings. The van der Waals surface area contributed by atoms with E-state index in [0.717, 1.165) is 22.0 Å². The van der Waals surface area contributed by atoms with Gasteiger partial charge < -0.3 is 9.47 Å². The lowest BCUT2D eigenvalue weighted by Crippen LogP contribution is -2.05. The van der Waals surface area contributed by atoms with Crippen molar-refractivity contribution >= 4 is 17.3 Å². The van der Waals surface area contributed by atoms with Crippen molar-refractivity contribution in [1.82, 2.24) is 4.98 Å². The molecule has 2 rings (SSSR count). The van der Waals surface area contributed by atoms with Crippen molar-refractivity contribution in [3.63, 3.8) is 0 Å². The van der Waals surface area contributed by atoms with Crippen molar-refractivity contribution in [1.29, 1.82) is 0 Å². The van der Waals surface area contributed by atoms with Gasteiger partial charge in [-0.15, -0.1) is 11.3 Å². The zero-order valence-electron chi connectivity index (χ0n) is 12.3. The quantitative estimate of drug-likeness (QED) is 0.732. The molecule has 0 saturated heterocycles. The second-order valence-corrected chi connectivity index (χ2v) is 5.27. The number of hydrogen-bond acceptors (Lipinski definition) is 5. The van der Waals surface area contributed by atoms with Crippen LogP contribution in [-0.2, 0) is 16.0 Å². The monoisotopic (exact) mass is 305 g/mol. The van der Waals surface area contributed by atoms with Crippen molar-refractivity contribution in [3.05, 3.63) is 35.3 Å². The second-order valence-electron chi connectivity index (χ2n) is 4.41. The van der Waals surface area contributed by atoms with Crippen LogP contribution in [0.4, 0.5) is 0 Å². The number of benzene rings is 1. The summed E-state index contributed by atoms with van der Waals surface area (Å²) in [6, 6.07) is 7.89. The van der Waals surface area contributed by atoms with Gasteiger partial charge in [-0.3, -0.25) is 4.79 Å². The summed E-state index contributed by atoms with van der Waals surface area (Å²) < 4.78 is 10.4. The number of nitrogens with zero attached hydrogens (tertiary/aromatic N) is 1. The number of aromatic nitrogens is 1. The minimum atomic E-state index is -0.176. The summed E-state index contributed by atoms with van der Waals surface area (Å²) >= 11 is 1.58. The summed E-state index contributed by atoms with van der Waals surface area (Å²) in [5.74, 6) is 0.670. The molecule has 0 bridgehead atoms. The van der Waals surface area contributed by atoms with Crippen LogP contribution in [0.25, 0.3) is 10.6 Å². The number of esters is 1. The lowest BCUT2D eigenvalue weighted by atomic mass is 10.2. The first-order chi connectivity index (χ1) is 10.2. The van der Waals surface area contributed by atoms with Gasteiger partial charge in [-0.1, -0.05) is 12.1 Å². The molecule has 4 nitrogen and oxygen atoms in total. The summed E-state index contributed by atoms with van der Waals surface area (Å²) in [5, 5.41) is 2.93. The number of carbonyl (C=O) groups is 1. The second kappa shape index (κ2) is 7.78. The zero-order valence-corrected chi connectivity index (χ0v) is 13.1. The highest BCUT2D eigenvalue weighted by Gasteiger charge is 2.08. The Morgan fingerprint density at radius 2 is 2.14 bits per heavy atom. The molecule has 0 amide bonds. The molecule has 1 aromatic carbocycles. The van der Waals surface area contributed by atoms with Crippen LogP contribution in [-0.4, -0.2) is 24.2 Å². The van der Waals surface area contributed by atoms with Crippen molar-refractivity contribution in [2.45, 2.75) is 26.7 Å². The van der Waals surface area contributed by atoms with E-state index in [1.165, 1.54) is 0 Å². The highest BCUT2D eigenvalue weighted by atomic mass is 32.1. The topological polar surface area (TPSA) is 48.4 Å². The summed E-state index contributed by atoms with van der Waals surface area (Å²) in [4.78, 5) is 15.9. The van der Waals surface area contributed by atoms with Crippen LogP contribution in [0.2, 0.25) is 0 Å². The Morgan fingerprint density at radius 3 is 2.90 bits per heavy atom.